The van der Waals surface area contributed by atoms with Gasteiger partial charge in [0.1, 0.15) is 5.01 Å². The van der Waals surface area contributed by atoms with Gasteiger partial charge in [0.05, 0.1) is 18.2 Å². The van der Waals surface area contributed by atoms with Crippen LogP contribution in [-0.4, -0.2) is 4.98 Å². The van der Waals surface area contributed by atoms with E-state index in [4.69, 9.17) is 10.2 Å². The summed E-state index contributed by atoms with van der Waals surface area (Å²) < 4.78 is 0. The van der Waals surface area contributed by atoms with Gasteiger partial charge in [-0.25, -0.2) is 4.98 Å². The molecular weight excluding hydrogens is 252 g/mol. The van der Waals surface area contributed by atoms with Gasteiger partial charge >= 0.3 is 0 Å². The quantitative estimate of drug-likeness (QED) is 0.806. The first-order valence-electron chi connectivity index (χ1n) is 6.36. The number of nitrogens with zero attached hydrogens (tertiary/aromatic N) is 2. The maximum absolute atomic E-state index is 8.97. The third-order valence-electron chi connectivity index (χ3n) is 3.02. The minimum atomic E-state index is -0.0242. The molecule has 1 heterocycles. The second-order valence-electron chi connectivity index (χ2n) is 5.69. The Morgan fingerprint density at radius 3 is 2.53 bits per heavy atom. The molecule has 0 spiro atoms. The monoisotopic (exact) mass is 270 g/mol. The molecule has 0 N–H and O–H groups in total. The van der Waals surface area contributed by atoms with E-state index in [0.717, 1.165) is 15.6 Å². The number of benzene rings is 1. The van der Waals surface area contributed by atoms with Crippen LogP contribution in [0.1, 0.15) is 36.9 Å². The third kappa shape index (κ3) is 2.85. The summed E-state index contributed by atoms with van der Waals surface area (Å²) in [6, 6.07) is 10.5. The molecule has 0 bridgehead atoms. The Balaban J connectivity index is 2.56. The summed E-state index contributed by atoms with van der Waals surface area (Å²) in [5.41, 5.74) is 3.42. The van der Waals surface area contributed by atoms with Gasteiger partial charge in [-0.05, 0) is 12.5 Å². The zero-order valence-corrected chi connectivity index (χ0v) is 12.6. The van der Waals surface area contributed by atoms with Gasteiger partial charge in [-0.3, -0.25) is 0 Å². The van der Waals surface area contributed by atoms with Crippen LogP contribution in [0.2, 0.25) is 0 Å². The average Bonchev–Trinajstić information content (AvgIpc) is 2.74. The van der Waals surface area contributed by atoms with E-state index in [9.17, 15) is 0 Å². The van der Waals surface area contributed by atoms with Crippen LogP contribution in [0.5, 0.6) is 0 Å². The van der Waals surface area contributed by atoms with Gasteiger partial charge < -0.3 is 0 Å². The summed E-state index contributed by atoms with van der Waals surface area (Å²) in [5, 5.41) is 9.99. The molecule has 1 aromatic carbocycles. The standard InChI is InChI=1S/C16H18N2S/c1-11-7-5-6-8-12(11)15-18-14(16(2,3)4)13(19-15)9-10-17/h5-8H,9H2,1-4H3. The molecule has 2 rings (SSSR count). The molecular formula is C16H18N2S. The Kier molecular flexibility index (Phi) is 3.73. The molecule has 0 saturated heterocycles. The maximum atomic E-state index is 8.97. The number of aromatic nitrogens is 1. The van der Waals surface area contributed by atoms with Crippen LogP contribution in [0, 0.1) is 18.3 Å². The first kappa shape index (κ1) is 13.8. The van der Waals surface area contributed by atoms with Crippen LogP contribution in [0.3, 0.4) is 0 Å². The van der Waals surface area contributed by atoms with Gasteiger partial charge in [-0.2, -0.15) is 5.26 Å². The van der Waals surface area contributed by atoms with Crippen molar-refractivity contribution in [1.29, 1.82) is 5.26 Å². The molecule has 0 unspecified atom stereocenters. The largest absolute Gasteiger partial charge is 0.240 e. The smallest absolute Gasteiger partial charge is 0.124 e. The zero-order valence-electron chi connectivity index (χ0n) is 11.8. The van der Waals surface area contributed by atoms with Crippen LogP contribution >= 0.6 is 11.3 Å². The van der Waals surface area contributed by atoms with Crippen LogP contribution in [0.4, 0.5) is 0 Å². The lowest BCUT2D eigenvalue weighted by molar-refractivity contribution is 0.568. The van der Waals surface area contributed by atoms with Gasteiger partial charge in [-0.1, -0.05) is 45.0 Å². The SMILES string of the molecule is Cc1ccccc1-c1nc(C(C)(C)C)c(CC#N)s1. The summed E-state index contributed by atoms with van der Waals surface area (Å²) in [5.74, 6) is 0. The van der Waals surface area contributed by atoms with Crippen LogP contribution in [-0.2, 0) is 11.8 Å². The number of aryl methyl sites for hydroxylation is 1. The van der Waals surface area contributed by atoms with Gasteiger partial charge in [-0.15, -0.1) is 11.3 Å². The van der Waals surface area contributed by atoms with E-state index in [1.54, 1.807) is 11.3 Å². The summed E-state index contributed by atoms with van der Waals surface area (Å²) in [7, 11) is 0. The minimum absolute atomic E-state index is 0.0242. The van der Waals surface area contributed by atoms with Crippen LogP contribution in [0.25, 0.3) is 10.6 Å². The fraction of sp³-hybridized carbons (Fsp3) is 0.375. The maximum Gasteiger partial charge on any atom is 0.124 e. The predicted octanol–water partition coefficient (Wildman–Crippen LogP) is 4.48. The summed E-state index contributed by atoms with van der Waals surface area (Å²) in [4.78, 5) is 5.89. The molecule has 19 heavy (non-hydrogen) atoms. The highest BCUT2D eigenvalue weighted by molar-refractivity contribution is 7.15. The van der Waals surface area contributed by atoms with Crippen molar-refractivity contribution < 1.29 is 0 Å². The third-order valence-corrected chi connectivity index (χ3v) is 4.11. The summed E-state index contributed by atoms with van der Waals surface area (Å²) in [6.07, 6.45) is 0.441. The highest BCUT2D eigenvalue weighted by Gasteiger charge is 2.23. The minimum Gasteiger partial charge on any atom is -0.240 e. The Hall–Kier alpha value is -1.66. The Labute approximate surface area is 118 Å². The van der Waals surface area contributed by atoms with Crippen LogP contribution in [0.15, 0.2) is 24.3 Å². The molecule has 0 aliphatic rings. The van der Waals surface area contributed by atoms with E-state index in [2.05, 4.69) is 45.9 Å². The molecule has 3 heteroatoms. The zero-order chi connectivity index (χ0) is 14.0. The molecule has 0 fully saturated rings. The van der Waals surface area contributed by atoms with E-state index in [0.29, 0.717) is 6.42 Å². The number of hydrogen-bond acceptors (Lipinski definition) is 3. The molecule has 0 radical (unpaired) electrons. The summed E-state index contributed by atoms with van der Waals surface area (Å²) in [6.45, 7) is 8.52. The lowest BCUT2D eigenvalue weighted by Crippen LogP contribution is -2.13. The van der Waals surface area contributed by atoms with E-state index in [1.807, 2.05) is 12.1 Å². The van der Waals surface area contributed by atoms with Crippen molar-refractivity contribution in [2.45, 2.75) is 39.5 Å². The molecule has 0 aliphatic carbocycles. The average molecular weight is 270 g/mol. The van der Waals surface area contributed by atoms with E-state index >= 15 is 0 Å². The topological polar surface area (TPSA) is 36.7 Å². The lowest BCUT2D eigenvalue weighted by atomic mass is 9.91. The number of rotatable bonds is 2. The van der Waals surface area contributed by atoms with Gasteiger partial charge in [0.2, 0.25) is 0 Å². The Bertz CT molecular complexity index is 627. The second-order valence-corrected chi connectivity index (χ2v) is 6.77. The van der Waals surface area contributed by atoms with Crippen molar-refractivity contribution in [2.24, 2.45) is 0 Å². The lowest BCUT2D eigenvalue weighted by Gasteiger charge is -2.16. The first-order chi connectivity index (χ1) is 8.93. The van der Waals surface area contributed by atoms with Crippen molar-refractivity contribution in [1.82, 2.24) is 4.98 Å². The van der Waals surface area contributed by atoms with Crippen LogP contribution < -0.4 is 0 Å². The van der Waals surface area contributed by atoms with Crippen molar-refractivity contribution >= 4 is 11.3 Å². The highest BCUT2D eigenvalue weighted by Crippen LogP contribution is 2.35. The normalized spacial score (nSPS) is 11.3. The number of thiazole rings is 1. The number of hydrogen-bond donors (Lipinski definition) is 0. The molecule has 0 atom stereocenters. The summed E-state index contributed by atoms with van der Waals surface area (Å²) >= 11 is 1.64. The Morgan fingerprint density at radius 1 is 1.26 bits per heavy atom. The fourth-order valence-corrected chi connectivity index (χ4v) is 3.35. The van der Waals surface area contributed by atoms with E-state index in [1.165, 1.54) is 11.1 Å². The van der Waals surface area contributed by atoms with E-state index < -0.39 is 0 Å². The van der Waals surface area contributed by atoms with Crippen molar-refractivity contribution in [2.75, 3.05) is 0 Å². The van der Waals surface area contributed by atoms with Crippen molar-refractivity contribution in [3.8, 4) is 16.6 Å². The molecule has 98 valence electrons. The molecule has 0 aliphatic heterocycles. The first-order valence-corrected chi connectivity index (χ1v) is 7.18. The molecule has 2 nitrogen and oxygen atoms in total. The molecule has 2 aromatic rings. The molecule has 0 saturated carbocycles. The second kappa shape index (κ2) is 5.14. The van der Waals surface area contributed by atoms with Gasteiger partial charge in [0, 0.05) is 15.9 Å². The Morgan fingerprint density at radius 2 is 1.95 bits per heavy atom. The van der Waals surface area contributed by atoms with Crippen molar-refractivity contribution in [3.05, 3.63) is 40.4 Å². The number of nitriles is 1. The fourth-order valence-electron chi connectivity index (χ4n) is 2.06. The van der Waals surface area contributed by atoms with Gasteiger partial charge in [0.15, 0.2) is 0 Å². The molecule has 1 aromatic heterocycles. The van der Waals surface area contributed by atoms with E-state index in [-0.39, 0.29) is 5.41 Å². The van der Waals surface area contributed by atoms with Gasteiger partial charge in [0.25, 0.3) is 0 Å². The molecule has 0 amide bonds. The predicted molar refractivity (Wildman–Crippen MR) is 80.3 cm³/mol. The highest BCUT2D eigenvalue weighted by atomic mass is 32.1. The van der Waals surface area contributed by atoms with Crippen molar-refractivity contribution in [3.63, 3.8) is 0 Å².